The highest BCUT2D eigenvalue weighted by Crippen LogP contribution is 2.45. The van der Waals surface area contributed by atoms with Gasteiger partial charge in [-0.05, 0) is 49.2 Å². The lowest BCUT2D eigenvalue weighted by molar-refractivity contribution is 0.411. The highest BCUT2D eigenvalue weighted by molar-refractivity contribution is 5.66. The Balaban J connectivity index is 2.00. The summed E-state index contributed by atoms with van der Waals surface area (Å²) >= 11 is 0. The highest BCUT2D eigenvalue weighted by Gasteiger charge is 2.42. The lowest BCUT2D eigenvalue weighted by Gasteiger charge is -2.16. The summed E-state index contributed by atoms with van der Waals surface area (Å²) in [6.07, 6.45) is 2.27. The molecule has 0 atom stereocenters. The van der Waals surface area contributed by atoms with E-state index in [1.54, 1.807) is 19.2 Å². The van der Waals surface area contributed by atoms with E-state index in [2.05, 4.69) is 17.4 Å². The zero-order valence-corrected chi connectivity index (χ0v) is 11.7. The summed E-state index contributed by atoms with van der Waals surface area (Å²) in [6, 6.07) is 13.1. The second kappa shape index (κ2) is 4.91. The van der Waals surface area contributed by atoms with Gasteiger partial charge in [-0.25, -0.2) is 4.39 Å². The first-order chi connectivity index (χ1) is 9.68. The number of hydrogen-bond donors (Lipinski definition) is 1. The molecule has 0 amide bonds. The van der Waals surface area contributed by atoms with Crippen LogP contribution in [0.5, 0.6) is 5.75 Å². The van der Waals surface area contributed by atoms with Crippen molar-refractivity contribution in [2.45, 2.75) is 18.4 Å². The average molecular weight is 271 g/mol. The van der Waals surface area contributed by atoms with Crippen LogP contribution in [0.4, 0.5) is 4.39 Å². The van der Waals surface area contributed by atoms with Crippen LogP contribution in [0, 0.1) is 5.82 Å². The fourth-order valence-electron chi connectivity index (χ4n) is 2.65. The molecule has 1 aliphatic rings. The molecule has 20 heavy (non-hydrogen) atoms. The predicted molar refractivity (Wildman–Crippen MR) is 78.4 cm³/mol. The van der Waals surface area contributed by atoms with Crippen molar-refractivity contribution in [1.29, 1.82) is 0 Å². The molecule has 0 spiro atoms. The van der Waals surface area contributed by atoms with Gasteiger partial charge >= 0.3 is 0 Å². The Morgan fingerprint density at radius 1 is 1.15 bits per heavy atom. The van der Waals surface area contributed by atoms with Gasteiger partial charge in [0, 0.05) is 17.2 Å². The molecule has 0 heterocycles. The van der Waals surface area contributed by atoms with Gasteiger partial charge in [-0.1, -0.05) is 18.2 Å². The van der Waals surface area contributed by atoms with E-state index in [-0.39, 0.29) is 11.4 Å². The largest absolute Gasteiger partial charge is 0.497 e. The molecule has 2 aromatic rings. The van der Waals surface area contributed by atoms with E-state index in [9.17, 15) is 4.39 Å². The fourth-order valence-corrected chi connectivity index (χ4v) is 2.65. The molecular formula is C17H18FNO. The van der Waals surface area contributed by atoms with Gasteiger partial charge in [0.25, 0.3) is 0 Å². The third kappa shape index (κ3) is 2.18. The van der Waals surface area contributed by atoms with E-state index in [1.807, 2.05) is 19.2 Å². The average Bonchev–Trinajstić information content (AvgIpc) is 3.28. The monoisotopic (exact) mass is 271 g/mol. The first-order valence-electron chi connectivity index (χ1n) is 6.82. The number of halogens is 1. The second-order valence-corrected chi connectivity index (χ2v) is 5.26. The number of methoxy groups -OCH3 is 1. The number of hydrogen-bond acceptors (Lipinski definition) is 2. The summed E-state index contributed by atoms with van der Waals surface area (Å²) < 4.78 is 19.2. The van der Waals surface area contributed by atoms with Gasteiger partial charge in [0.05, 0.1) is 7.11 Å². The quantitative estimate of drug-likeness (QED) is 0.915. The third-order valence-electron chi connectivity index (χ3n) is 4.13. The predicted octanol–water partition coefficient (Wildman–Crippen LogP) is 3.71. The Hall–Kier alpha value is -1.87. The van der Waals surface area contributed by atoms with Crippen molar-refractivity contribution < 1.29 is 9.13 Å². The highest BCUT2D eigenvalue weighted by atomic mass is 19.1. The Bertz CT molecular complexity index is 635. The van der Waals surface area contributed by atoms with Crippen LogP contribution in [-0.4, -0.2) is 14.2 Å². The molecule has 2 nitrogen and oxygen atoms in total. The Morgan fingerprint density at radius 2 is 1.95 bits per heavy atom. The van der Waals surface area contributed by atoms with E-state index in [4.69, 9.17) is 4.74 Å². The van der Waals surface area contributed by atoms with Crippen molar-refractivity contribution in [2.24, 2.45) is 0 Å². The summed E-state index contributed by atoms with van der Waals surface area (Å²) in [7, 11) is 3.52. The lowest BCUT2D eigenvalue weighted by Crippen LogP contribution is -2.24. The van der Waals surface area contributed by atoms with Crippen molar-refractivity contribution in [2.75, 3.05) is 14.2 Å². The van der Waals surface area contributed by atoms with E-state index in [0.717, 1.165) is 18.4 Å². The Labute approximate surface area is 118 Å². The zero-order valence-electron chi connectivity index (χ0n) is 11.7. The van der Waals surface area contributed by atoms with E-state index < -0.39 is 0 Å². The van der Waals surface area contributed by atoms with Gasteiger partial charge in [-0.2, -0.15) is 0 Å². The molecule has 0 aliphatic heterocycles. The van der Waals surface area contributed by atoms with Crippen molar-refractivity contribution in [3.8, 4) is 16.9 Å². The van der Waals surface area contributed by atoms with Crippen LogP contribution in [0.1, 0.15) is 18.4 Å². The Morgan fingerprint density at radius 3 is 2.55 bits per heavy atom. The molecule has 0 saturated heterocycles. The fraction of sp³-hybridized carbons (Fsp3) is 0.294. The van der Waals surface area contributed by atoms with Gasteiger partial charge in [0.1, 0.15) is 11.6 Å². The minimum absolute atomic E-state index is 0.0962. The molecule has 1 aliphatic carbocycles. The van der Waals surface area contributed by atoms with Crippen LogP contribution in [0.25, 0.3) is 11.1 Å². The molecule has 1 N–H and O–H groups in total. The standard InChI is InChI=1S/C17H18FNO/c1-19-17(8-9-17)13-5-3-4-12(10-13)15-7-6-14(20-2)11-16(15)18/h3-7,10-11,19H,8-9H2,1-2H3. The maximum Gasteiger partial charge on any atom is 0.134 e. The first-order valence-corrected chi connectivity index (χ1v) is 6.82. The summed E-state index contributed by atoms with van der Waals surface area (Å²) in [5.41, 5.74) is 2.84. The van der Waals surface area contributed by atoms with Gasteiger partial charge in [-0.15, -0.1) is 0 Å². The molecule has 2 aromatic carbocycles. The van der Waals surface area contributed by atoms with Crippen LogP contribution in [0.2, 0.25) is 0 Å². The Kier molecular flexibility index (Phi) is 3.22. The van der Waals surface area contributed by atoms with Crippen molar-refractivity contribution in [1.82, 2.24) is 5.32 Å². The zero-order chi connectivity index (χ0) is 14.2. The summed E-state index contributed by atoms with van der Waals surface area (Å²) in [5.74, 6) is 0.284. The number of ether oxygens (including phenoxy) is 1. The number of benzene rings is 2. The molecule has 0 aromatic heterocycles. The smallest absolute Gasteiger partial charge is 0.134 e. The minimum atomic E-state index is -0.254. The lowest BCUT2D eigenvalue weighted by atomic mass is 9.98. The molecule has 3 rings (SSSR count). The molecule has 1 fully saturated rings. The molecule has 0 unspecified atom stereocenters. The third-order valence-corrected chi connectivity index (χ3v) is 4.13. The van der Waals surface area contributed by atoms with Gasteiger partial charge in [-0.3, -0.25) is 0 Å². The first kappa shape index (κ1) is 13.1. The van der Waals surface area contributed by atoms with Crippen LogP contribution in [-0.2, 0) is 5.54 Å². The van der Waals surface area contributed by atoms with Gasteiger partial charge in [0.2, 0.25) is 0 Å². The molecular weight excluding hydrogens is 253 g/mol. The van der Waals surface area contributed by atoms with Gasteiger partial charge in [0.15, 0.2) is 0 Å². The van der Waals surface area contributed by atoms with Crippen LogP contribution in [0.15, 0.2) is 42.5 Å². The van der Waals surface area contributed by atoms with Crippen molar-refractivity contribution >= 4 is 0 Å². The molecule has 104 valence electrons. The number of nitrogens with one attached hydrogen (secondary N) is 1. The van der Waals surface area contributed by atoms with E-state index >= 15 is 0 Å². The topological polar surface area (TPSA) is 21.3 Å². The van der Waals surface area contributed by atoms with Crippen molar-refractivity contribution in [3.63, 3.8) is 0 Å². The number of rotatable bonds is 4. The summed E-state index contributed by atoms with van der Waals surface area (Å²) in [5, 5.41) is 3.37. The summed E-state index contributed by atoms with van der Waals surface area (Å²) in [6.45, 7) is 0. The van der Waals surface area contributed by atoms with Crippen molar-refractivity contribution in [3.05, 3.63) is 53.8 Å². The summed E-state index contributed by atoms with van der Waals surface area (Å²) in [4.78, 5) is 0. The second-order valence-electron chi connectivity index (χ2n) is 5.26. The van der Waals surface area contributed by atoms with E-state index in [0.29, 0.717) is 11.3 Å². The minimum Gasteiger partial charge on any atom is -0.497 e. The normalized spacial score (nSPS) is 15.9. The SMILES string of the molecule is CNC1(c2cccc(-c3ccc(OC)cc3F)c2)CC1. The molecule has 0 bridgehead atoms. The van der Waals surface area contributed by atoms with Gasteiger partial charge < -0.3 is 10.1 Å². The molecule has 0 radical (unpaired) electrons. The van der Waals surface area contributed by atoms with Crippen LogP contribution >= 0.6 is 0 Å². The maximum atomic E-state index is 14.2. The van der Waals surface area contributed by atoms with E-state index in [1.165, 1.54) is 11.6 Å². The maximum absolute atomic E-state index is 14.2. The van der Waals surface area contributed by atoms with Crippen LogP contribution in [0.3, 0.4) is 0 Å². The van der Waals surface area contributed by atoms with Crippen LogP contribution < -0.4 is 10.1 Å². The molecule has 3 heteroatoms. The molecule has 1 saturated carbocycles.